The average Bonchev–Trinajstić information content (AvgIpc) is 3.12. The number of hydrogen-bond donors (Lipinski definition) is 0. The predicted octanol–water partition coefficient (Wildman–Crippen LogP) is 4.57. The Balaban J connectivity index is 1.91. The minimum absolute atomic E-state index is 0.376. The zero-order chi connectivity index (χ0) is 17.3. The largest absolute Gasteiger partial charge is 0.496 e. The first-order valence-corrected chi connectivity index (χ1v) is 8.35. The maximum Gasteiger partial charge on any atom is 0.270 e. The molecule has 0 aliphatic carbocycles. The van der Waals surface area contributed by atoms with Crippen molar-refractivity contribution >= 4 is 40.7 Å². The van der Waals surface area contributed by atoms with Gasteiger partial charge >= 0.3 is 0 Å². The Morgan fingerprint density at radius 1 is 1.21 bits per heavy atom. The molecule has 2 aromatic rings. The summed E-state index contributed by atoms with van der Waals surface area (Å²) in [6, 6.07) is 9.74. The highest BCUT2D eigenvalue weighted by atomic mass is 32.1. The second kappa shape index (κ2) is 6.75. The Kier molecular flexibility index (Phi) is 4.69. The van der Waals surface area contributed by atoms with Gasteiger partial charge in [0.1, 0.15) is 17.3 Å². The third-order valence-electron chi connectivity index (χ3n) is 3.71. The molecule has 1 aliphatic heterocycles. The number of rotatable bonds is 4. The van der Waals surface area contributed by atoms with Crippen molar-refractivity contribution in [3.8, 4) is 17.1 Å². The minimum atomic E-state index is 0.376. The Labute approximate surface area is 151 Å². The number of methoxy groups -OCH3 is 1. The molecule has 0 radical (unpaired) electrons. The molecular weight excluding hydrogens is 342 g/mol. The summed E-state index contributed by atoms with van der Waals surface area (Å²) in [6.45, 7) is 4.67. The topological polar surface area (TPSA) is 34.8 Å². The number of hydrogen-bond acceptors (Lipinski definition) is 5. The van der Waals surface area contributed by atoms with Gasteiger partial charge in [-0.1, -0.05) is 18.3 Å². The molecule has 124 valence electrons. The van der Waals surface area contributed by atoms with Crippen molar-refractivity contribution in [3.05, 3.63) is 47.4 Å². The third-order valence-corrected chi connectivity index (χ3v) is 4.44. The van der Waals surface area contributed by atoms with Gasteiger partial charge < -0.3 is 13.9 Å². The summed E-state index contributed by atoms with van der Waals surface area (Å²) in [5.74, 6) is 2.67. The number of furan rings is 1. The molecule has 0 atom stereocenters. The molecule has 0 spiro atoms. The molecule has 1 aromatic heterocycles. The Bertz CT molecular complexity index is 839. The molecule has 0 unspecified atom stereocenters. The van der Waals surface area contributed by atoms with E-state index in [-0.39, 0.29) is 0 Å². The van der Waals surface area contributed by atoms with E-state index in [1.165, 1.54) is 0 Å². The quantitative estimate of drug-likeness (QED) is 0.588. The number of benzene rings is 1. The van der Waals surface area contributed by atoms with E-state index < -0.39 is 0 Å². The van der Waals surface area contributed by atoms with Gasteiger partial charge in [0.15, 0.2) is 10.7 Å². The molecule has 6 heteroatoms. The maximum absolute atomic E-state index is 5.91. The van der Waals surface area contributed by atoms with Gasteiger partial charge in [-0.2, -0.15) is 0 Å². The number of likely N-dealkylation sites (N-methyl/N-ethyl adjacent to an activating group) is 1. The fourth-order valence-corrected chi connectivity index (χ4v) is 3.16. The molecule has 1 aromatic carbocycles. The summed E-state index contributed by atoms with van der Waals surface area (Å²) in [4.78, 5) is 2.34. The van der Waals surface area contributed by atoms with Crippen molar-refractivity contribution in [3.63, 3.8) is 0 Å². The molecule has 3 rings (SSSR count). The van der Waals surface area contributed by atoms with Crippen LogP contribution in [0.15, 0.2) is 40.5 Å². The summed E-state index contributed by atoms with van der Waals surface area (Å²) in [6.07, 6.45) is 1.76. The van der Waals surface area contributed by atoms with Gasteiger partial charge in [-0.25, -0.2) is 0 Å². The van der Waals surface area contributed by atoms with Gasteiger partial charge in [-0.3, -0.25) is 4.90 Å². The monoisotopic (exact) mass is 359 g/mol. The third kappa shape index (κ3) is 3.07. The van der Waals surface area contributed by atoms with Crippen LogP contribution in [0.3, 0.4) is 0 Å². The van der Waals surface area contributed by atoms with Crippen molar-refractivity contribution in [2.45, 2.75) is 13.8 Å². The van der Waals surface area contributed by atoms with E-state index in [1.807, 2.05) is 44.2 Å². The van der Waals surface area contributed by atoms with Crippen molar-refractivity contribution < 1.29 is 13.9 Å². The van der Waals surface area contributed by atoms with Crippen molar-refractivity contribution in [2.75, 3.05) is 13.7 Å². The summed E-state index contributed by atoms with van der Waals surface area (Å²) in [7, 11) is 1.65. The number of thiocarbonyl (C=S) groups is 2. The van der Waals surface area contributed by atoms with Crippen LogP contribution in [0.4, 0.5) is 0 Å². The van der Waals surface area contributed by atoms with Gasteiger partial charge in [0.05, 0.1) is 12.7 Å². The van der Waals surface area contributed by atoms with E-state index in [9.17, 15) is 0 Å². The highest BCUT2D eigenvalue weighted by Gasteiger charge is 2.28. The second-order valence-corrected chi connectivity index (χ2v) is 6.07. The summed E-state index contributed by atoms with van der Waals surface area (Å²) >= 11 is 10.5. The standard InChI is InChI=1S/C18H17NO3S2/c1-4-19-17(23)16(22-18(19)24)10-12-6-8-14(21-12)13-7-5-11(2)9-15(13)20-3/h5-10H,4H2,1-3H3/b16-10-. The highest BCUT2D eigenvalue weighted by molar-refractivity contribution is 7.82. The smallest absolute Gasteiger partial charge is 0.270 e. The van der Waals surface area contributed by atoms with Gasteiger partial charge in [0, 0.05) is 12.6 Å². The first kappa shape index (κ1) is 16.7. The lowest BCUT2D eigenvalue weighted by Crippen LogP contribution is -2.26. The molecular formula is C18H17NO3S2. The first-order chi connectivity index (χ1) is 11.5. The Morgan fingerprint density at radius 3 is 2.67 bits per heavy atom. The van der Waals surface area contributed by atoms with Gasteiger partial charge in [0.25, 0.3) is 5.17 Å². The zero-order valence-electron chi connectivity index (χ0n) is 13.7. The van der Waals surface area contributed by atoms with Crippen LogP contribution in [-0.4, -0.2) is 28.7 Å². The van der Waals surface area contributed by atoms with Crippen molar-refractivity contribution in [1.82, 2.24) is 4.90 Å². The maximum atomic E-state index is 5.91. The molecule has 1 aliphatic rings. The molecule has 0 saturated carbocycles. The van der Waals surface area contributed by atoms with Crippen molar-refractivity contribution in [2.24, 2.45) is 0 Å². The lowest BCUT2D eigenvalue weighted by Gasteiger charge is -2.09. The summed E-state index contributed by atoms with van der Waals surface area (Å²) in [5.41, 5.74) is 2.02. The highest BCUT2D eigenvalue weighted by Crippen LogP contribution is 2.33. The number of aryl methyl sites for hydroxylation is 1. The second-order valence-electron chi connectivity index (χ2n) is 5.33. The predicted molar refractivity (Wildman–Crippen MR) is 102 cm³/mol. The molecule has 4 nitrogen and oxygen atoms in total. The van der Waals surface area contributed by atoms with Crippen LogP contribution in [-0.2, 0) is 4.74 Å². The normalized spacial score (nSPS) is 16.0. The number of nitrogens with zero attached hydrogens (tertiary/aromatic N) is 1. The molecule has 0 bridgehead atoms. The van der Waals surface area contributed by atoms with E-state index in [2.05, 4.69) is 0 Å². The van der Waals surface area contributed by atoms with Crippen LogP contribution >= 0.6 is 24.4 Å². The first-order valence-electron chi connectivity index (χ1n) is 7.53. The summed E-state index contributed by atoms with van der Waals surface area (Å²) < 4.78 is 16.9. The van der Waals surface area contributed by atoms with Crippen LogP contribution in [0.5, 0.6) is 5.75 Å². The summed E-state index contributed by atoms with van der Waals surface area (Å²) in [5, 5.41) is 0.376. The molecule has 0 N–H and O–H groups in total. The average molecular weight is 359 g/mol. The van der Waals surface area contributed by atoms with Crippen LogP contribution in [0.1, 0.15) is 18.2 Å². The van der Waals surface area contributed by atoms with E-state index >= 15 is 0 Å². The fraction of sp³-hybridized carbons (Fsp3) is 0.222. The van der Waals surface area contributed by atoms with E-state index in [0.717, 1.165) is 22.6 Å². The van der Waals surface area contributed by atoms with Crippen molar-refractivity contribution in [1.29, 1.82) is 0 Å². The lowest BCUT2D eigenvalue weighted by atomic mass is 10.1. The molecule has 2 heterocycles. The van der Waals surface area contributed by atoms with E-state index in [0.29, 0.717) is 28.2 Å². The molecule has 0 amide bonds. The van der Waals surface area contributed by atoms with E-state index in [1.54, 1.807) is 18.1 Å². The molecule has 1 fully saturated rings. The zero-order valence-corrected chi connectivity index (χ0v) is 15.3. The molecule has 24 heavy (non-hydrogen) atoms. The van der Waals surface area contributed by atoms with Crippen LogP contribution in [0.25, 0.3) is 17.4 Å². The Hall–Kier alpha value is -2.18. The molecule has 1 saturated heterocycles. The minimum Gasteiger partial charge on any atom is -0.496 e. The van der Waals surface area contributed by atoms with Gasteiger partial charge in [0.2, 0.25) is 0 Å². The van der Waals surface area contributed by atoms with Crippen LogP contribution < -0.4 is 4.74 Å². The van der Waals surface area contributed by atoms with Crippen LogP contribution in [0, 0.1) is 6.92 Å². The van der Waals surface area contributed by atoms with Gasteiger partial charge in [-0.15, -0.1) is 0 Å². The fourth-order valence-electron chi connectivity index (χ4n) is 2.48. The Morgan fingerprint density at radius 2 is 2.00 bits per heavy atom. The van der Waals surface area contributed by atoms with E-state index in [4.69, 9.17) is 38.3 Å². The van der Waals surface area contributed by atoms with Gasteiger partial charge in [-0.05, 0) is 55.9 Å². The number of ether oxygens (including phenoxy) is 2. The SMILES string of the molecule is CCN1C(=S)O/C(=C\c2ccc(-c3ccc(C)cc3OC)o2)C1=S. The van der Waals surface area contributed by atoms with Crippen LogP contribution in [0.2, 0.25) is 0 Å². The lowest BCUT2D eigenvalue weighted by molar-refractivity contribution is 0.414.